The maximum Gasteiger partial charge on any atom is 0.347 e. The molecule has 0 spiro atoms. The van der Waals surface area contributed by atoms with Crippen molar-refractivity contribution in [3.63, 3.8) is 0 Å². The maximum atomic E-state index is 12.6. The normalized spacial score (nSPS) is 12.0. The van der Waals surface area contributed by atoms with E-state index in [1.165, 1.54) is 13.8 Å². The van der Waals surface area contributed by atoms with Crippen LogP contribution in [-0.4, -0.2) is 38.8 Å². The lowest BCUT2D eigenvalue weighted by atomic mass is 10.0. The summed E-state index contributed by atoms with van der Waals surface area (Å²) in [4.78, 5) is 23.7. The Morgan fingerprint density at radius 2 is 1.69 bits per heavy atom. The van der Waals surface area contributed by atoms with E-state index in [-0.39, 0.29) is 11.5 Å². The van der Waals surface area contributed by atoms with Crippen LogP contribution in [0.25, 0.3) is 10.2 Å². The van der Waals surface area contributed by atoms with Crippen molar-refractivity contribution in [2.45, 2.75) is 26.0 Å². The largest absolute Gasteiger partial charge is 0.492 e. The van der Waals surface area contributed by atoms with Gasteiger partial charge < -0.3 is 19.8 Å². The smallest absolute Gasteiger partial charge is 0.347 e. The van der Waals surface area contributed by atoms with Gasteiger partial charge in [0.2, 0.25) is 0 Å². The van der Waals surface area contributed by atoms with Crippen LogP contribution in [0.4, 0.5) is 0 Å². The van der Waals surface area contributed by atoms with Crippen molar-refractivity contribution in [3.05, 3.63) is 93.6 Å². The molecule has 35 heavy (non-hydrogen) atoms. The molecule has 0 amide bonds. The Labute approximate surface area is 205 Å². The second-order valence-corrected chi connectivity index (χ2v) is 9.25. The van der Waals surface area contributed by atoms with E-state index in [4.69, 9.17) is 9.47 Å². The summed E-state index contributed by atoms with van der Waals surface area (Å²) in [6.45, 7) is 3.57. The van der Waals surface area contributed by atoms with Gasteiger partial charge in [-0.1, -0.05) is 52.9 Å². The third-order valence-electron chi connectivity index (χ3n) is 5.38. The molecule has 3 aromatic carbocycles. The van der Waals surface area contributed by atoms with Gasteiger partial charge in [0.15, 0.2) is 5.60 Å². The zero-order chi connectivity index (χ0) is 25.0. The van der Waals surface area contributed by atoms with Gasteiger partial charge in [0.1, 0.15) is 23.8 Å². The van der Waals surface area contributed by atoms with Crippen LogP contribution in [0, 0.1) is 0 Å². The van der Waals surface area contributed by atoms with E-state index in [1.807, 2.05) is 48.5 Å². The molecule has 0 aliphatic rings. The average Bonchev–Trinajstić information content (AvgIpc) is 3.15. The van der Waals surface area contributed by atoms with Crippen LogP contribution in [0.2, 0.25) is 0 Å². The molecule has 0 bridgehead atoms. The highest BCUT2D eigenvalue weighted by atomic mass is 32.1. The van der Waals surface area contributed by atoms with Gasteiger partial charge in [0, 0.05) is 11.1 Å². The van der Waals surface area contributed by atoms with Crippen LogP contribution in [0.1, 0.15) is 25.0 Å². The topological polar surface area (TPSA) is 110 Å². The zero-order valence-corrected chi connectivity index (χ0v) is 20.0. The molecule has 0 fully saturated rings. The van der Waals surface area contributed by atoms with Crippen molar-refractivity contribution in [2.75, 3.05) is 6.61 Å². The summed E-state index contributed by atoms with van der Waals surface area (Å²) in [5, 5.41) is 22.2. The number of ether oxygens (including phenoxy) is 2. The maximum absolute atomic E-state index is 12.6. The minimum Gasteiger partial charge on any atom is -0.492 e. The quantitative estimate of drug-likeness (QED) is 0.201. The number of hydrogen-bond acceptors (Lipinski definition) is 7. The molecule has 9 heteroatoms. The van der Waals surface area contributed by atoms with E-state index >= 15 is 0 Å². The van der Waals surface area contributed by atoms with Crippen molar-refractivity contribution in [1.29, 1.82) is 0 Å². The molecule has 0 unspecified atom stereocenters. The van der Waals surface area contributed by atoms with E-state index in [1.54, 1.807) is 28.8 Å². The molecule has 1 aromatic heterocycles. The molecule has 0 aliphatic heterocycles. The minimum atomic E-state index is -1.34. The Morgan fingerprint density at radius 3 is 2.34 bits per heavy atom. The molecule has 8 nitrogen and oxygen atoms in total. The summed E-state index contributed by atoms with van der Waals surface area (Å²) >= 11 is 1.12. The standard InChI is InChI=1S/C26H24N2O6S/c1-26(2,24(29)30)34-20-11-9-19(10-12-20)33-15-14-28-21-13-8-18(16-22(21)35-25(28)31)23(27-32)17-6-4-3-5-7-17/h3-13,16,32H,14-15H2,1-2H3,(H,29,30). The van der Waals surface area contributed by atoms with E-state index in [2.05, 4.69) is 5.16 Å². The number of aromatic nitrogens is 1. The highest BCUT2D eigenvalue weighted by Gasteiger charge is 2.29. The van der Waals surface area contributed by atoms with Gasteiger partial charge in [0.05, 0.1) is 16.8 Å². The predicted molar refractivity (Wildman–Crippen MR) is 134 cm³/mol. The second-order valence-electron chi connectivity index (χ2n) is 8.25. The van der Waals surface area contributed by atoms with E-state index < -0.39 is 11.6 Å². The molecular formula is C26H24N2O6S. The number of aliphatic carboxylic acids is 1. The number of benzene rings is 3. The number of carboxylic acid groups (broad SMARTS) is 1. The molecule has 4 aromatic rings. The van der Waals surface area contributed by atoms with Crippen LogP contribution < -0.4 is 14.3 Å². The molecular weight excluding hydrogens is 468 g/mol. The highest BCUT2D eigenvalue weighted by Crippen LogP contribution is 2.24. The van der Waals surface area contributed by atoms with Gasteiger partial charge in [0.25, 0.3) is 0 Å². The first-order valence-electron chi connectivity index (χ1n) is 10.8. The number of carbonyl (C=O) groups is 1. The number of nitrogens with zero attached hydrogens (tertiary/aromatic N) is 2. The zero-order valence-electron chi connectivity index (χ0n) is 19.2. The van der Waals surface area contributed by atoms with Gasteiger partial charge >= 0.3 is 10.8 Å². The summed E-state index contributed by atoms with van der Waals surface area (Å²) in [7, 11) is 0. The van der Waals surface area contributed by atoms with Crippen LogP contribution in [0.5, 0.6) is 11.5 Å². The summed E-state index contributed by atoms with van der Waals surface area (Å²) < 4.78 is 13.7. The van der Waals surface area contributed by atoms with Gasteiger partial charge in [-0.05, 0) is 50.2 Å². The molecule has 4 rings (SSSR count). The van der Waals surface area contributed by atoms with Crippen LogP contribution >= 0.6 is 11.3 Å². The fourth-order valence-corrected chi connectivity index (χ4v) is 4.46. The van der Waals surface area contributed by atoms with E-state index in [9.17, 15) is 19.9 Å². The molecule has 2 N–H and O–H groups in total. The Bertz CT molecular complexity index is 1420. The van der Waals surface area contributed by atoms with Gasteiger partial charge in [-0.3, -0.25) is 9.36 Å². The average molecular weight is 493 g/mol. The molecule has 1 heterocycles. The Balaban J connectivity index is 1.44. The SMILES string of the molecule is CC(C)(Oc1ccc(OCCn2c(=O)sc3cc(C(=NO)c4ccccc4)ccc32)cc1)C(=O)O. The van der Waals surface area contributed by atoms with Gasteiger partial charge in [-0.15, -0.1) is 0 Å². The van der Waals surface area contributed by atoms with Crippen LogP contribution in [0.15, 0.2) is 82.7 Å². The summed E-state index contributed by atoms with van der Waals surface area (Å²) in [5.74, 6) is -0.0628. The Morgan fingerprint density at radius 1 is 1.00 bits per heavy atom. The van der Waals surface area contributed by atoms with Gasteiger partial charge in [-0.2, -0.15) is 0 Å². The molecule has 0 aliphatic carbocycles. The monoisotopic (exact) mass is 492 g/mol. The lowest BCUT2D eigenvalue weighted by molar-refractivity contribution is -0.152. The molecule has 0 saturated heterocycles. The molecule has 0 saturated carbocycles. The summed E-state index contributed by atoms with van der Waals surface area (Å²) in [5.41, 5.74) is 1.36. The third-order valence-corrected chi connectivity index (χ3v) is 6.33. The number of fused-ring (bicyclic) bond motifs is 1. The Hall–Kier alpha value is -4.11. The van der Waals surface area contributed by atoms with Crippen molar-refractivity contribution < 1.29 is 24.6 Å². The number of carboxylic acids is 1. The minimum absolute atomic E-state index is 0.109. The second kappa shape index (κ2) is 10.0. The number of thiazole rings is 1. The van der Waals surface area contributed by atoms with E-state index in [0.717, 1.165) is 27.1 Å². The van der Waals surface area contributed by atoms with Crippen molar-refractivity contribution in [2.24, 2.45) is 5.16 Å². The van der Waals surface area contributed by atoms with Crippen molar-refractivity contribution >= 4 is 33.2 Å². The molecule has 0 radical (unpaired) electrons. The lowest BCUT2D eigenvalue weighted by Gasteiger charge is -2.21. The fourth-order valence-electron chi connectivity index (χ4n) is 3.50. The summed E-state index contributed by atoms with van der Waals surface area (Å²) in [6, 6.07) is 21.5. The highest BCUT2D eigenvalue weighted by molar-refractivity contribution is 7.16. The first-order valence-corrected chi connectivity index (χ1v) is 11.7. The molecule has 0 atom stereocenters. The van der Waals surface area contributed by atoms with Crippen LogP contribution in [-0.2, 0) is 11.3 Å². The fraction of sp³-hybridized carbons (Fsp3) is 0.192. The lowest BCUT2D eigenvalue weighted by Crippen LogP contribution is -2.37. The number of rotatable bonds is 9. The van der Waals surface area contributed by atoms with Crippen LogP contribution in [0.3, 0.4) is 0 Å². The predicted octanol–water partition coefficient (Wildman–Crippen LogP) is 4.61. The number of hydrogen-bond donors (Lipinski definition) is 2. The first kappa shape index (κ1) is 24.0. The van der Waals surface area contributed by atoms with Gasteiger partial charge in [-0.25, -0.2) is 4.79 Å². The van der Waals surface area contributed by atoms with Crippen molar-refractivity contribution in [1.82, 2.24) is 4.57 Å². The summed E-state index contributed by atoms with van der Waals surface area (Å²) in [6.07, 6.45) is 0. The Kier molecular flexibility index (Phi) is 6.88. The van der Waals surface area contributed by atoms with Crippen molar-refractivity contribution in [3.8, 4) is 11.5 Å². The first-order chi connectivity index (χ1) is 16.8. The van der Waals surface area contributed by atoms with E-state index in [0.29, 0.717) is 29.3 Å². The third kappa shape index (κ3) is 5.36. The number of oxime groups is 1. The molecule has 180 valence electrons.